The molecule has 2 nitrogen and oxygen atoms in total. The topological polar surface area (TPSA) is 15.3 Å². The van der Waals surface area contributed by atoms with E-state index in [1.807, 2.05) is 13.0 Å². The second kappa shape index (κ2) is 7.13. The van der Waals surface area contributed by atoms with Crippen LogP contribution in [0.1, 0.15) is 35.1 Å². The molecule has 4 rings (SSSR count). The van der Waals surface area contributed by atoms with Gasteiger partial charge >= 0.3 is 6.18 Å². The van der Waals surface area contributed by atoms with Crippen molar-refractivity contribution in [1.82, 2.24) is 10.2 Å². The van der Waals surface area contributed by atoms with Crippen LogP contribution in [0.3, 0.4) is 0 Å². The Bertz CT molecular complexity index is 814. The van der Waals surface area contributed by atoms with Crippen LogP contribution in [0.25, 0.3) is 6.08 Å². The average molecular weight is 372 g/mol. The summed E-state index contributed by atoms with van der Waals surface area (Å²) in [6.07, 6.45) is -0.235. The Morgan fingerprint density at radius 2 is 1.70 bits per heavy atom. The molecule has 2 aromatic rings. The summed E-state index contributed by atoms with van der Waals surface area (Å²) in [4.78, 5) is 2.23. The second-order valence-corrected chi connectivity index (χ2v) is 7.31. The first-order valence-corrected chi connectivity index (χ1v) is 9.33. The number of fused-ring (bicyclic) bond motifs is 2. The van der Waals surface area contributed by atoms with Crippen molar-refractivity contribution >= 4 is 6.08 Å². The van der Waals surface area contributed by atoms with Crippen LogP contribution in [-0.2, 0) is 12.7 Å². The van der Waals surface area contributed by atoms with Crippen LogP contribution in [0.4, 0.5) is 13.2 Å². The SMILES string of the molecule is C/C=C/c1ccc(C2[C@H]3CNC[C@@H]2N3Cc2ccccc2C(F)(F)F)cc1. The lowest BCUT2D eigenvalue weighted by Crippen LogP contribution is -2.72. The molecule has 0 saturated carbocycles. The Labute approximate surface area is 157 Å². The molecule has 2 aromatic carbocycles. The Hall–Kier alpha value is -2.11. The van der Waals surface area contributed by atoms with E-state index in [1.165, 1.54) is 23.3 Å². The van der Waals surface area contributed by atoms with E-state index < -0.39 is 11.7 Å². The molecule has 0 aromatic heterocycles. The highest BCUT2D eigenvalue weighted by molar-refractivity contribution is 5.50. The summed E-state index contributed by atoms with van der Waals surface area (Å²) in [7, 11) is 0. The van der Waals surface area contributed by atoms with Gasteiger partial charge in [0.05, 0.1) is 5.56 Å². The Kier molecular flexibility index (Phi) is 4.82. The lowest BCUT2D eigenvalue weighted by molar-refractivity contribution is -0.139. The van der Waals surface area contributed by atoms with Crippen LogP contribution < -0.4 is 5.32 Å². The van der Waals surface area contributed by atoms with Gasteiger partial charge in [0, 0.05) is 37.6 Å². The molecule has 0 radical (unpaired) electrons. The Balaban J connectivity index is 1.54. The van der Waals surface area contributed by atoms with E-state index in [9.17, 15) is 13.2 Å². The van der Waals surface area contributed by atoms with Crippen molar-refractivity contribution in [3.8, 4) is 0 Å². The van der Waals surface area contributed by atoms with Crippen LogP contribution in [0.15, 0.2) is 54.6 Å². The van der Waals surface area contributed by atoms with Gasteiger partial charge in [-0.2, -0.15) is 13.2 Å². The van der Waals surface area contributed by atoms with Gasteiger partial charge in [0.15, 0.2) is 0 Å². The molecule has 2 bridgehead atoms. The molecule has 0 amide bonds. The third-order valence-electron chi connectivity index (χ3n) is 5.74. The minimum atomic E-state index is -4.31. The summed E-state index contributed by atoms with van der Waals surface area (Å²) in [5.74, 6) is 0.379. The van der Waals surface area contributed by atoms with E-state index in [0.717, 1.165) is 13.1 Å². The van der Waals surface area contributed by atoms with Crippen molar-refractivity contribution < 1.29 is 13.2 Å². The van der Waals surface area contributed by atoms with Crippen molar-refractivity contribution in [2.45, 2.75) is 37.6 Å². The normalized spacial score (nSPS) is 25.6. The largest absolute Gasteiger partial charge is 0.416 e. The van der Waals surface area contributed by atoms with Crippen molar-refractivity contribution in [2.24, 2.45) is 0 Å². The number of hydrogen-bond acceptors (Lipinski definition) is 2. The summed E-state index contributed by atoms with van der Waals surface area (Å²) in [6, 6.07) is 14.9. The first-order valence-electron chi connectivity index (χ1n) is 9.33. The predicted molar refractivity (Wildman–Crippen MR) is 101 cm³/mol. The molecule has 2 saturated heterocycles. The third kappa shape index (κ3) is 3.42. The number of nitrogens with one attached hydrogen (secondary N) is 1. The monoisotopic (exact) mass is 372 g/mol. The average Bonchev–Trinajstić information content (AvgIpc) is 2.67. The van der Waals surface area contributed by atoms with Crippen LogP contribution >= 0.6 is 0 Å². The fourth-order valence-corrected chi connectivity index (χ4v) is 4.51. The number of piperidine rings is 1. The second-order valence-electron chi connectivity index (χ2n) is 7.31. The van der Waals surface area contributed by atoms with E-state index in [-0.39, 0.29) is 12.1 Å². The number of allylic oxidation sites excluding steroid dienone is 1. The lowest BCUT2D eigenvalue weighted by Gasteiger charge is -2.59. The number of hydrogen-bond donors (Lipinski definition) is 1. The standard InChI is InChI=1S/C22H23F3N2/c1-2-5-15-8-10-16(11-9-15)21-19-12-26-13-20(21)27(19)14-17-6-3-4-7-18(17)22(23,24)25/h2-11,19-21,26H,12-14H2,1H3/b5-2+/t19-,20+,21?. The molecule has 27 heavy (non-hydrogen) atoms. The van der Waals surface area contributed by atoms with E-state index in [0.29, 0.717) is 18.0 Å². The molecule has 1 N–H and O–H groups in total. The Morgan fingerprint density at radius 3 is 2.33 bits per heavy atom. The van der Waals surface area contributed by atoms with E-state index in [1.54, 1.807) is 12.1 Å². The van der Waals surface area contributed by atoms with E-state index in [2.05, 4.69) is 40.6 Å². The zero-order chi connectivity index (χ0) is 19.0. The summed E-state index contributed by atoms with van der Waals surface area (Å²) in [6.45, 7) is 3.96. The molecule has 3 atom stereocenters. The minimum Gasteiger partial charge on any atom is -0.314 e. The van der Waals surface area contributed by atoms with Gasteiger partial charge in [0.1, 0.15) is 0 Å². The van der Waals surface area contributed by atoms with Gasteiger partial charge in [-0.05, 0) is 29.7 Å². The molecule has 2 fully saturated rings. The molecule has 2 aliphatic heterocycles. The van der Waals surface area contributed by atoms with Crippen LogP contribution in [0, 0.1) is 0 Å². The first-order chi connectivity index (χ1) is 13.0. The molecule has 0 spiro atoms. The van der Waals surface area contributed by atoms with Gasteiger partial charge in [0.2, 0.25) is 0 Å². The van der Waals surface area contributed by atoms with Crippen molar-refractivity contribution in [1.29, 1.82) is 0 Å². The van der Waals surface area contributed by atoms with Crippen LogP contribution in [-0.4, -0.2) is 30.1 Å². The number of piperazine rings is 1. The molecular weight excluding hydrogens is 349 g/mol. The fourth-order valence-electron chi connectivity index (χ4n) is 4.51. The molecule has 142 valence electrons. The number of rotatable bonds is 4. The van der Waals surface area contributed by atoms with Crippen molar-refractivity contribution in [2.75, 3.05) is 13.1 Å². The highest BCUT2D eigenvalue weighted by Crippen LogP contribution is 2.44. The Morgan fingerprint density at radius 1 is 1.04 bits per heavy atom. The zero-order valence-corrected chi connectivity index (χ0v) is 15.2. The predicted octanol–water partition coefficient (Wildman–Crippen LogP) is 4.68. The van der Waals surface area contributed by atoms with Crippen LogP contribution in [0.5, 0.6) is 0 Å². The van der Waals surface area contributed by atoms with Gasteiger partial charge < -0.3 is 5.32 Å². The summed E-state index contributed by atoms with van der Waals surface area (Å²) in [5, 5.41) is 3.40. The number of halogens is 3. The van der Waals surface area contributed by atoms with Crippen molar-refractivity contribution in [3.05, 3.63) is 76.9 Å². The van der Waals surface area contributed by atoms with Crippen LogP contribution in [0.2, 0.25) is 0 Å². The third-order valence-corrected chi connectivity index (χ3v) is 5.74. The molecule has 0 aliphatic carbocycles. The van der Waals surface area contributed by atoms with Gasteiger partial charge in [-0.15, -0.1) is 0 Å². The maximum absolute atomic E-state index is 13.3. The molecule has 1 unspecified atom stereocenters. The van der Waals surface area contributed by atoms with Gasteiger partial charge in [0.25, 0.3) is 0 Å². The quantitative estimate of drug-likeness (QED) is 0.838. The summed E-state index contributed by atoms with van der Waals surface area (Å²) in [5.41, 5.74) is 2.29. The maximum atomic E-state index is 13.3. The smallest absolute Gasteiger partial charge is 0.314 e. The van der Waals surface area contributed by atoms with E-state index in [4.69, 9.17) is 0 Å². The molecular formula is C22H23F3N2. The van der Waals surface area contributed by atoms with Gasteiger partial charge in [-0.1, -0.05) is 54.6 Å². The number of nitrogens with zero attached hydrogens (tertiary/aromatic N) is 1. The zero-order valence-electron chi connectivity index (χ0n) is 15.2. The summed E-state index contributed by atoms with van der Waals surface area (Å²) < 4.78 is 40.0. The highest BCUT2D eigenvalue weighted by Gasteiger charge is 2.51. The number of alkyl halides is 3. The van der Waals surface area contributed by atoms with Gasteiger partial charge in [-0.3, -0.25) is 4.90 Å². The fraction of sp³-hybridized carbons (Fsp3) is 0.364. The summed E-state index contributed by atoms with van der Waals surface area (Å²) >= 11 is 0. The number of benzene rings is 2. The van der Waals surface area contributed by atoms with Gasteiger partial charge in [-0.25, -0.2) is 0 Å². The number of likely N-dealkylation sites (tertiary alicyclic amines) is 1. The molecule has 5 heteroatoms. The van der Waals surface area contributed by atoms with E-state index >= 15 is 0 Å². The van der Waals surface area contributed by atoms with Crippen molar-refractivity contribution in [3.63, 3.8) is 0 Å². The minimum absolute atomic E-state index is 0.234. The maximum Gasteiger partial charge on any atom is 0.416 e. The lowest BCUT2D eigenvalue weighted by atomic mass is 9.72. The molecule has 2 aliphatic rings. The first kappa shape index (κ1) is 18.3. The molecule has 2 heterocycles. The highest BCUT2D eigenvalue weighted by atomic mass is 19.4.